The van der Waals surface area contributed by atoms with Crippen molar-refractivity contribution in [3.05, 3.63) is 27.7 Å². The zero-order valence-electron chi connectivity index (χ0n) is 11.7. The van der Waals surface area contributed by atoms with Crippen molar-refractivity contribution in [2.45, 2.75) is 32.7 Å². The maximum atomic E-state index is 11.6. The van der Waals surface area contributed by atoms with Crippen molar-refractivity contribution >= 4 is 29.1 Å². The Kier molecular flexibility index (Phi) is 7.13. The first kappa shape index (κ1) is 17.1. The third-order valence-electron chi connectivity index (χ3n) is 2.55. The fraction of sp³-hybridized carbons (Fsp3) is 0.500. The molecule has 4 nitrogen and oxygen atoms in total. The first-order valence-electron chi connectivity index (χ1n) is 6.57. The van der Waals surface area contributed by atoms with E-state index in [0.717, 1.165) is 12.0 Å². The van der Waals surface area contributed by atoms with Gasteiger partial charge in [0.1, 0.15) is 5.75 Å². The summed E-state index contributed by atoms with van der Waals surface area (Å²) in [7, 11) is 0. The standard InChI is InChI=1S/C14H20Cl2N2O2/c1-3-4-18-13(19)8-20-14-10(5-9(2)17)6-11(15)7-12(14)16/h6-7,9H,3-5,8,17H2,1-2H3,(H,18,19). The summed E-state index contributed by atoms with van der Waals surface area (Å²) in [6.07, 6.45) is 1.45. The molecular formula is C14H20Cl2N2O2. The van der Waals surface area contributed by atoms with E-state index in [1.807, 2.05) is 13.8 Å². The lowest BCUT2D eigenvalue weighted by atomic mass is 10.1. The Morgan fingerprint density at radius 1 is 1.45 bits per heavy atom. The number of ether oxygens (including phenoxy) is 1. The van der Waals surface area contributed by atoms with Crippen LogP contribution < -0.4 is 15.8 Å². The quantitative estimate of drug-likeness (QED) is 0.812. The number of nitrogens with two attached hydrogens (primary N) is 1. The van der Waals surface area contributed by atoms with Gasteiger partial charge in [-0.1, -0.05) is 30.1 Å². The monoisotopic (exact) mass is 318 g/mol. The summed E-state index contributed by atoms with van der Waals surface area (Å²) in [4.78, 5) is 11.6. The molecule has 1 aromatic carbocycles. The molecule has 0 aliphatic heterocycles. The van der Waals surface area contributed by atoms with Gasteiger partial charge in [-0.2, -0.15) is 0 Å². The van der Waals surface area contributed by atoms with Crippen LogP contribution in [0.25, 0.3) is 0 Å². The van der Waals surface area contributed by atoms with Gasteiger partial charge in [0.2, 0.25) is 0 Å². The van der Waals surface area contributed by atoms with E-state index in [4.69, 9.17) is 33.7 Å². The Labute approximate surface area is 129 Å². The Bertz CT molecular complexity index is 465. The van der Waals surface area contributed by atoms with E-state index in [2.05, 4.69) is 5.32 Å². The predicted molar refractivity (Wildman–Crippen MR) is 82.6 cm³/mol. The van der Waals surface area contributed by atoms with Crippen LogP contribution in [0.2, 0.25) is 10.0 Å². The fourth-order valence-corrected chi connectivity index (χ4v) is 2.32. The molecule has 0 saturated carbocycles. The molecule has 1 rings (SSSR count). The number of amides is 1. The van der Waals surface area contributed by atoms with Gasteiger partial charge in [-0.25, -0.2) is 0 Å². The average Bonchev–Trinajstić information content (AvgIpc) is 2.34. The molecule has 0 aliphatic rings. The smallest absolute Gasteiger partial charge is 0.257 e. The highest BCUT2D eigenvalue weighted by Crippen LogP contribution is 2.33. The Morgan fingerprint density at radius 2 is 2.15 bits per heavy atom. The lowest BCUT2D eigenvalue weighted by Crippen LogP contribution is -2.29. The summed E-state index contributed by atoms with van der Waals surface area (Å²) in [5.41, 5.74) is 6.60. The van der Waals surface area contributed by atoms with Gasteiger partial charge < -0.3 is 15.8 Å². The van der Waals surface area contributed by atoms with Gasteiger partial charge in [0.15, 0.2) is 6.61 Å². The number of nitrogens with one attached hydrogen (secondary N) is 1. The second-order valence-electron chi connectivity index (χ2n) is 4.70. The highest BCUT2D eigenvalue weighted by atomic mass is 35.5. The summed E-state index contributed by atoms with van der Waals surface area (Å²) >= 11 is 12.1. The molecule has 0 spiro atoms. The van der Waals surface area contributed by atoms with Crippen LogP contribution in [-0.4, -0.2) is 25.1 Å². The Balaban J connectivity index is 2.79. The van der Waals surface area contributed by atoms with Gasteiger partial charge in [0.25, 0.3) is 5.91 Å². The van der Waals surface area contributed by atoms with Crippen LogP contribution in [0.15, 0.2) is 12.1 Å². The summed E-state index contributed by atoms with van der Waals surface area (Å²) in [5.74, 6) is 0.296. The van der Waals surface area contributed by atoms with Crippen molar-refractivity contribution in [1.82, 2.24) is 5.32 Å². The van der Waals surface area contributed by atoms with Gasteiger partial charge in [0.05, 0.1) is 5.02 Å². The number of benzene rings is 1. The van der Waals surface area contributed by atoms with Gasteiger partial charge in [0, 0.05) is 17.6 Å². The minimum absolute atomic E-state index is 0.0548. The van der Waals surface area contributed by atoms with E-state index in [-0.39, 0.29) is 18.6 Å². The molecule has 0 fully saturated rings. The van der Waals surface area contributed by atoms with Crippen molar-refractivity contribution in [3.63, 3.8) is 0 Å². The number of carbonyl (C=O) groups excluding carboxylic acids is 1. The maximum absolute atomic E-state index is 11.6. The highest BCUT2D eigenvalue weighted by molar-refractivity contribution is 6.35. The molecule has 0 aliphatic carbocycles. The molecule has 0 aromatic heterocycles. The van der Waals surface area contributed by atoms with Crippen molar-refractivity contribution < 1.29 is 9.53 Å². The Hall–Kier alpha value is -0.970. The maximum Gasteiger partial charge on any atom is 0.257 e. The topological polar surface area (TPSA) is 64.3 Å². The fourth-order valence-electron chi connectivity index (χ4n) is 1.73. The van der Waals surface area contributed by atoms with Crippen LogP contribution in [0.3, 0.4) is 0 Å². The first-order chi connectivity index (χ1) is 9.43. The predicted octanol–water partition coefficient (Wildman–Crippen LogP) is 2.79. The zero-order chi connectivity index (χ0) is 15.1. The van der Waals surface area contributed by atoms with Crippen molar-refractivity contribution in [1.29, 1.82) is 0 Å². The van der Waals surface area contributed by atoms with Gasteiger partial charge in [-0.15, -0.1) is 0 Å². The third kappa shape index (κ3) is 5.57. The molecule has 1 amide bonds. The van der Waals surface area contributed by atoms with Crippen LogP contribution in [0.4, 0.5) is 0 Å². The number of hydrogen-bond acceptors (Lipinski definition) is 3. The second kappa shape index (κ2) is 8.35. The van der Waals surface area contributed by atoms with Gasteiger partial charge in [-0.05, 0) is 37.5 Å². The summed E-state index contributed by atoms with van der Waals surface area (Å²) < 4.78 is 5.52. The molecule has 3 N–H and O–H groups in total. The zero-order valence-corrected chi connectivity index (χ0v) is 13.2. The lowest BCUT2D eigenvalue weighted by molar-refractivity contribution is -0.123. The second-order valence-corrected chi connectivity index (χ2v) is 5.54. The summed E-state index contributed by atoms with van der Waals surface area (Å²) in [6, 6.07) is 3.30. The highest BCUT2D eigenvalue weighted by Gasteiger charge is 2.13. The molecule has 0 heterocycles. The lowest BCUT2D eigenvalue weighted by Gasteiger charge is -2.15. The molecule has 1 unspecified atom stereocenters. The average molecular weight is 319 g/mol. The van der Waals surface area contributed by atoms with E-state index in [0.29, 0.717) is 28.8 Å². The summed E-state index contributed by atoms with van der Waals surface area (Å²) in [6.45, 7) is 4.42. The molecule has 6 heteroatoms. The van der Waals surface area contributed by atoms with Gasteiger partial charge >= 0.3 is 0 Å². The van der Waals surface area contributed by atoms with Crippen LogP contribution in [0.5, 0.6) is 5.75 Å². The Morgan fingerprint density at radius 3 is 2.75 bits per heavy atom. The molecular weight excluding hydrogens is 299 g/mol. The number of halogens is 2. The molecule has 0 saturated heterocycles. The summed E-state index contributed by atoms with van der Waals surface area (Å²) in [5, 5.41) is 3.64. The number of hydrogen-bond donors (Lipinski definition) is 2. The van der Waals surface area contributed by atoms with Gasteiger partial charge in [-0.3, -0.25) is 4.79 Å². The van der Waals surface area contributed by atoms with Crippen LogP contribution in [0.1, 0.15) is 25.8 Å². The van der Waals surface area contributed by atoms with Crippen LogP contribution in [0, 0.1) is 0 Å². The van der Waals surface area contributed by atoms with E-state index in [9.17, 15) is 4.79 Å². The molecule has 0 radical (unpaired) electrons. The van der Waals surface area contributed by atoms with Crippen LogP contribution >= 0.6 is 23.2 Å². The normalized spacial score (nSPS) is 12.1. The van der Waals surface area contributed by atoms with E-state index >= 15 is 0 Å². The largest absolute Gasteiger partial charge is 0.482 e. The minimum atomic E-state index is -0.176. The van der Waals surface area contributed by atoms with E-state index in [1.165, 1.54) is 0 Å². The number of carbonyl (C=O) groups is 1. The molecule has 20 heavy (non-hydrogen) atoms. The molecule has 0 bridgehead atoms. The SMILES string of the molecule is CCCNC(=O)COc1c(Cl)cc(Cl)cc1CC(C)N. The minimum Gasteiger partial charge on any atom is -0.482 e. The molecule has 1 atom stereocenters. The third-order valence-corrected chi connectivity index (χ3v) is 3.05. The van der Waals surface area contributed by atoms with E-state index < -0.39 is 0 Å². The number of rotatable bonds is 7. The van der Waals surface area contributed by atoms with Crippen molar-refractivity contribution in [3.8, 4) is 5.75 Å². The molecule has 1 aromatic rings. The van der Waals surface area contributed by atoms with Crippen molar-refractivity contribution in [2.75, 3.05) is 13.2 Å². The van der Waals surface area contributed by atoms with E-state index in [1.54, 1.807) is 12.1 Å². The molecule has 112 valence electrons. The van der Waals surface area contributed by atoms with Crippen LogP contribution in [-0.2, 0) is 11.2 Å². The first-order valence-corrected chi connectivity index (χ1v) is 7.32. The van der Waals surface area contributed by atoms with Crippen molar-refractivity contribution in [2.24, 2.45) is 5.73 Å².